The second-order valence-corrected chi connectivity index (χ2v) is 7.20. The number of halogens is 1. The zero-order valence-corrected chi connectivity index (χ0v) is 17.2. The Hall–Kier alpha value is -3.94. The fourth-order valence-electron chi connectivity index (χ4n) is 3.50. The number of esters is 2. The van der Waals surface area contributed by atoms with Crippen LogP contribution in [0.15, 0.2) is 63.3 Å². The van der Waals surface area contributed by atoms with Gasteiger partial charge < -0.3 is 19.2 Å². The number of fused-ring (bicyclic) bond motifs is 3. The van der Waals surface area contributed by atoms with Crippen LogP contribution in [0.25, 0.3) is 17.0 Å². The van der Waals surface area contributed by atoms with Gasteiger partial charge in [0.05, 0.1) is 17.9 Å². The molecule has 1 aliphatic rings. The van der Waals surface area contributed by atoms with Crippen LogP contribution in [0.4, 0.5) is 10.1 Å². The summed E-state index contributed by atoms with van der Waals surface area (Å²) >= 11 is 0. The monoisotopic (exact) mass is 437 g/mol. The highest BCUT2D eigenvalue weighted by Gasteiger charge is 2.30. The van der Waals surface area contributed by atoms with E-state index < -0.39 is 29.4 Å². The van der Waals surface area contributed by atoms with Gasteiger partial charge in [-0.2, -0.15) is 0 Å². The summed E-state index contributed by atoms with van der Waals surface area (Å²) in [7, 11) is 0. The minimum atomic E-state index is -0.986. The van der Waals surface area contributed by atoms with Crippen LogP contribution in [0.3, 0.4) is 0 Å². The van der Waals surface area contributed by atoms with Crippen molar-refractivity contribution in [3.8, 4) is 0 Å². The standard InChI is InChI=1S/C24H20FNO6/c1-2-30-24(29)19-11-15(22(27)31-13-14-6-4-3-5-7-14)10-18-21(26-19)17-12-16(25)8-9-20(17)32-23(18)28/h3-10,12,19,26H,2,11,13H2,1H3. The van der Waals surface area contributed by atoms with Gasteiger partial charge in [0.1, 0.15) is 24.0 Å². The highest BCUT2D eigenvalue weighted by molar-refractivity contribution is 6.02. The molecule has 0 fully saturated rings. The fraction of sp³-hybridized carbons (Fsp3) is 0.208. The van der Waals surface area contributed by atoms with Crippen molar-refractivity contribution in [2.75, 3.05) is 11.9 Å². The third-order valence-corrected chi connectivity index (χ3v) is 5.01. The fourth-order valence-corrected chi connectivity index (χ4v) is 3.50. The lowest BCUT2D eigenvalue weighted by Gasteiger charge is -2.18. The molecule has 0 amide bonds. The van der Waals surface area contributed by atoms with Crippen LogP contribution >= 0.6 is 0 Å². The molecule has 4 rings (SSSR count). The second-order valence-electron chi connectivity index (χ2n) is 7.20. The smallest absolute Gasteiger partial charge is 0.345 e. The maximum absolute atomic E-state index is 13.9. The van der Waals surface area contributed by atoms with E-state index in [9.17, 15) is 18.8 Å². The Morgan fingerprint density at radius 2 is 1.94 bits per heavy atom. The third kappa shape index (κ3) is 4.39. The average molecular weight is 437 g/mol. The summed E-state index contributed by atoms with van der Waals surface area (Å²) in [4.78, 5) is 38.0. The lowest BCUT2D eigenvalue weighted by Crippen LogP contribution is -2.32. The molecule has 2 heterocycles. The quantitative estimate of drug-likeness (QED) is 0.479. The van der Waals surface area contributed by atoms with Crippen LogP contribution in [0.5, 0.6) is 0 Å². The maximum Gasteiger partial charge on any atom is 0.345 e. The largest absolute Gasteiger partial charge is 0.464 e. The Labute approximate surface area is 182 Å². The number of carbonyl (C=O) groups is 2. The minimum Gasteiger partial charge on any atom is -0.464 e. The van der Waals surface area contributed by atoms with Gasteiger partial charge in [-0.1, -0.05) is 30.3 Å². The third-order valence-electron chi connectivity index (χ3n) is 5.01. The van der Waals surface area contributed by atoms with Crippen molar-refractivity contribution in [3.63, 3.8) is 0 Å². The molecule has 8 heteroatoms. The van der Waals surface area contributed by atoms with E-state index >= 15 is 0 Å². The van der Waals surface area contributed by atoms with E-state index in [1.807, 2.05) is 30.3 Å². The SMILES string of the molecule is CCOC(=O)C1CC(C(=O)OCc2ccccc2)=Cc2c(c3cc(F)ccc3oc2=O)N1. The predicted molar refractivity (Wildman–Crippen MR) is 115 cm³/mol. The van der Waals surface area contributed by atoms with E-state index in [2.05, 4.69) is 5.32 Å². The molecule has 2 aromatic carbocycles. The van der Waals surface area contributed by atoms with Crippen molar-refractivity contribution in [1.29, 1.82) is 0 Å². The lowest BCUT2D eigenvalue weighted by molar-refractivity contribution is -0.144. The zero-order valence-electron chi connectivity index (χ0n) is 17.2. The van der Waals surface area contributed by atoms with Crippen LogP contribution in [0.1, 0.15) is 24.5 Å². The Morgan fingerprint density at radius 1 is 1.16 bits per heavy atom. The number of hydrogen-bond donors (Lipinski definition) is 1. The maximum atomic E-state index is 13.9. The molecule has 1 aromatic heterocycles. The summed E-state index contributed by atoms with van der Waals surface area (Å²) in [5.41, 5.74) is 0.490. The molecule has 164 valence electrons. The molecule has 0 radical (unpaired) electrons. The Morgan fingerprint density at radius 3 is 2.69 bits per heavy atom. The van der Waals surface area contributed by atoms with Crippen LogP contribution in [0.2, 0.25) is 0 Å². The van der Waals surface area contributed by atoms with Crippen LogP contribution in [-0.2, 0) is 25.7 Å². The van der Waals surface area contributed by atoms with Crippen molar-refractivity contribution in [2.24, 2.45) is 0 Å². The number of anilines is 1. The van der Waals surface area contributed by atoms with E-state index in [0.717, 1.165) is 5.56 Å². The number of rotatable bonds is 5. The Balaban J connectivity index is 1.76. The van der Waals surface area contributed by atoms with E-state index in [0.29, 0.717) is 0 Å². The minimum absolute atomic E-state index is 0.00144. The normalized spacial score (nSPS) is 15.2. The first-order valence-corrected chi connectivity index (χ1v) is 10.1. The van der Waals surface area contributed by atoms with Gasteiger partial charge >= 0.3 is 17.6 Å². The first kappa shape index (κ1) is 21.3. The first-order chi connectivity index (χ1) is 15.5. The van der Waals surface area contributed by atoms with Crippen molar-refractivity contribution in [2.45, 2.75) is 26.0 Å². The van der Waals surface area contributed by atoms with Gasteiger partial charge in [0.25, 0.3) is 0 Å². The van der Waals surface area contributed by atoms with E-state index in [-0.39, 0.29) is 47.4 Å². The molecule has 0 saturated carbocycles. The predicted octanol–water partition coefficient (Wildman–Crippen LogP) is 3.81. The van der Waals surface area contributed by atoms with Gasteiger partial charge in [-0.25, -0.2) is 18.8 Å². The molecule has 1 aliphatic heterocycles. The Bertz CT molecular complexity index is 1260. The Kier molecular flexibility index (Phi) is 6.02. The van der Waals surface area contributed by atoms with Crippen molar-refractivity contribution in [3.05, 3.63) is 81.5 Å². The molecule has 1 N–H and O–H groups in total. The van der Waals surface area contributed by atoms with E-state index in [4.69, 9.17) is 13.9 Å². The number of benzene rings is 2. The number of hydrogen-bond acceptors (Lipinski definition) is 7. The van der Waals surface area contributed by atoms with Gasteiger partial charge in [0.15, 0.2) is 0 Å². The lowest BCUT2D eigenvalue weighted by atomic mass is 10.1. The van der Waals surface area contributed by atoms with Crippen molar-refractivity contribution in [1.82, 2.24) is 0 Å². The molecule has 1 atom stereocenters. The summed E-state index contributed by atoms with van der Waals surface area (Å²) in [5, 5.41) is 3.22. The van der Waals surface area contributed by atoms with Crippen molar-refractivity contribution < 1.29 is 27.9 Å². The number of nitrogens with one attached hydrogen (secondary N) is 1. The van der Waals surface area contributed by atoms with Crippen LogP contribution < -0.4 is 10.9 Å². The molecule has 7 nitrogen and oxygen atoms in total. The molecule has 1 unspecified atom stereocenters. The van der Waals surface area contributed by atoms with Gasteiger partial charge in [-0.15, -0.1) is 0 Å². The molecule has 0 aliphatic carbocycles. The summed E-state index contributed by atoms with van der Waals surface area (Å²) in [6, 6.07) is 11.8. The van der Waals surface area contributed by atoms with E-state index in [1.165, 1.54) is 24.3 Å². The summed E-state index contributed by atoms with van der Waals surface area (Å²) in [6.45, 7) is 1.82. The summed E-state index contributed by atoms with van der Waals surface area (Å²) in [6.07, 6.45) is 1.24. The molecule has 0 spiro atoms. The average Bonchev–Trinajstić information content (AvgIpc) is 3.00. The van der Waals surface area contributed by atoms with Gasteiger partial charge in [-0.05, 0) is 36.8 Å². The molecule has 0 saturated heterocycles. The van der Waals surface area contributed by atoms with E-state index in [1.54, 1.807) is 6.92 Å². The molecule has 0 bridgehead atoms. The highest BCUT2D eigenvalue weighted by atomic mass is 19.1. The van der Waals surface area contributed by atoms with Crippen LogP contribution in [-0.4, -0.2) is 24.6 Å². The van der Waals surface area contributed by atoms with Gasteiger partial charge in [0, 0.05) is 17.4 Å². The first-order valence-electron chi connectivity index (χ1n) is 10.1. The molecular weight excluding hydrogens is 417 g/mol. The second kappa shape index (κ2) is 9.05. The van der Waals surface area contributed by atoms with Crippen LogP contribution in [0, 0.1) is 5.82 Å². The summed E-state index contributed by atoms with van der Waals surface area (Å²) < 4.78 is 29.7. The van der Waals surface area contributed by atoms with Gasteiger partial charge in [-0.3, -0.25) is 0 Å². The molecule has 32 heavy (non-hydrogen) atoms. The molecule has 3 aromatic rings. The number of carbonyl (C=O) groups excluding carboxylic acids is 2. The van der Waals surface area contributed by atoms with Gasteiger partial charge in [0.2, 0.25) is 0 Å². The number of ether oxygens (including phenoxy) is 2. The van der Waals surface area contributed by atoms with Crippen molar-refractivity contribution >= 4 is 34.7 Å². The zero-order chi connectivity index (χ0) is 22.7. The summed E-state index contributed by atoms with van der Waals surface area (Å²) in [5.74, 6) is -1.84. The topological polar surface area (TPSA) is 94.8 Å². The molecular formula is C24H20FNO6. The highest BCUT2D eigenvalue weighted by Crippen LogP contribution is 2.32.